The van der Waals surface area contributed by atoms with Gasteiger partial charge in [0.1, 0.15) is 5.69 Å². The van der Waals surface area contributed by atoms with E-state index in [2.05, 4.69) is 20.4 Å². The Hall–Kier alpha value is -2.24. The molecule has 1 N–H and O–H groups in total. The number of fused-ring (bicyclic) bond motifs is 1. The van der Waals surface area contributed by atoms with Crippen LogP contribution in [0.2, 0.25) is 0 Å². The van der Waals surface area contributed by atoms with Crippen molar-refractivity contribution in [3.05, 3.63) is 41.2 Å². The number of carbonyl (C=O) groups excluding carboxylic acids is 1. The van der Waals surface area contributed by atoms with E-state index < -0.39 is 0 Å². The van der Waals surface area contributed by atoms with Crippen molar-refractivity contribution in [2.75, 3.05) is 0 Å². The van der Waals surface area contributed by atoms with Crippen LogP contribution < -0.4 is 5.32 Å². The van der Waals surface area contributed by atoms with E-state index in [9.17, 15) is 4.79 Å². The Bertz CT molecular complexity index is 617. The maximum atomic E-state index is 12.0. The van der Waals surface area contributed by atoms with Crippen LogP contribution in [0.25, 0.3) is 0 Å². The van der Waals surface area contributed by atoms with Crippen LogP contribution in [0.1, 0.15) is 40.3 Å². The number of rotatable bonds is 3. The Morgan fingerprint density at radius 2 is 2.20 bits per heavy atom. The van der Waals surface area contributed by atoms with Gasteiger partial charge in [-0.1, -0.05) is 0 Å². The van der Waals surface area contributed by atoms with Crippen molar-refractivity contribution >= 4 is 5.91 Å². The van der Waals surface area contributed by atoms with E-state index in [0.717, 1.165) is 24.2 Å². The number of aromatic nitrogens is 4. The van der Waals surface area contributed by atoms with Crippen molar-refractivity contribution < 1.29 is 4.79 Å². The van der Waals surface area contributed by atoms with Crippen molar-refractivity contribution in [2.24, 2.45) is 0 Å². The molecule has 0 saturated heterocycles. The average molecular weight is 271 g/mol. The van der Waals surface area contributed by atoms with Crippen LogP contribution in [-0.4, -0.2) is 25.7 Å². The minimum atomic E-state index is -0.201. The van der Waals surface area contributed by atoms with Gasteiger partial charge in [0.2, 0.25) is 0 Å². The molecule has 20 heavy (non-hydrogen) atoms. The van der Waals surface area contributed by atoms with E-state index in [1.807, 2.05) is 17.8 Å². The van der Waals surface area contributed by atoms with Crippen molar-refractivity contribution in [2.45, 2.75) is 39.3 Å². The Morgan fingerprint density at radius 1 is 1.30 bits per heavy atom. The van der Waals surface area contributed by atoms with Gasteiger partial charge in [0.25, 0.3) is 5.91 Å². The quantitative estimate of drug-likeness (QED) is 0.911. The monoisotopic (exact) mass is 271 g/mol. The molecule has 1 aliphatic heterocycles. The molecule has 3 rings (SSSR count). The third-order valence-corrected chi connectivity index (χ3v) is 3.52. The summed E-state index contributed by atoms with van der Waals surface area (Å²) in [5.41, 5.74) is 3.48. The smallest absolute Gasteiger partial charge is 0.271 e. The summed E-state index contributed by atoms with van der Waals surface area (Å²) >= 11 is 0. The van der Waals surface area contributed by atoms with Gasteiger partial charge in [-0.3, -0.25) is 14.5 Å². The lowest BCUT2D eigenvalue weighted by Gasteiger charge is -2.14. The molecule has 0 aromatic carbocycles. The largest absolute Gasteiger partial charge is 0.346 e. The van der Waals surface area contributed by atoms with Crippen LogP contribution in [0, 0.1) is 6.92 Å². The Morgan fingerprint density at radius 3 is 3.00 bits per heavy atom. The minimum Gasteiger partial charge on any atom is -0.346 e. The predicted octanol–water partition coefficient (Wildman–Crippen LogP) is 1.25. The van der Waals surface area contributed by atoms with Crippen molar-refractivity contribution in [1.82, 2.24) is 25.1 Å². The Labute approximate surface area is 117 Å². The topological polar surface area (TPSA) is 72.7 Å². The highest BCUT2D eigenvalue weighted by Gasteiger charge is 2.15. The number of amides is 1. The number of hydrogen-bond acceptors (Lipinski definition) is 4. The van der Waals surface area contributed by atoms with Crippen LogP contribution in [-0.2, 0) is 19.5 Å². The normalized spacial score (nSPS) is 13.8. The molecule has 0 atom stereocenters. The summed E-state index contributed by atoms with van der Waals surface area (Å²) in [5, 5.41) is 7.23. The molecule has 2 aromatic rings. The summed E-state index contributed by atoms with van der Waals surface area (Å²) in [6.07, 6.45) is 8.35. The summed E-state index contributed by atoms with van der Waals surface area (Å²) in [4.78, 5) is 20.1. The van der Waals surface area contributed by atoms with E-state index in [0.29, 0.717) is 12.2 Å². The van der Waals surface area contributed by atoms with E-state index in [4.69, 9.17) is 0 Å². The first-order valence-electron chi connectivity index (χ1n) is 6.84. The third-order valence-electron chi connectivity index (χ3n) is 3.52. The second-order valence-electron chi connectivity index (χ2n) is 5.02. The zero-order valence-electron chi connectivity index (χ0n) is 11.5. The number of hydrogen-bond donors (Lipinski definition) is 1. The molecule has 0 radical (unpaired) electrons. The summed E-state index contributed by atoms with van der Waals surface area (Å²) in [6, 6.07) is 0. The first-order chi connectivity index (χ1) is 9.74. The lowest BCUT2D eigenvalue weighted by molar-refractivity contribution is 0.0945. The standard InChI is InChI=1S/C14H17N5O/c1-10-6-16-12(9-15-10)14(20)17-7-11-8-18-19-5-3-2-4-13(11)19/h6,8-9H,2-5,7H2,1H3,(H,17,20). The van der Waals surface area contributed by atoms with Crippen molar-refractivity contribution in [1.29, 1.82) is 0 Å². The van der Waals surface area contributed by atoms with Crippen LogP contribution >= 0.6 is 0 Å². The summed E-state index contributed by atoms with van der Waals surface area (Å²) in [7, 11) is 0. The minimum absolute atomic E-state index is 0.201. The zero-order chi connectivity index (χ0) is 13.9. The molecule has 1 aliphatic rings. The molecular weight excluding hydrogens is 254 g/mol. The highest BCUT2D eigenvalue weighted by atomic mass is 16.1. The van der Waals surface area contributed by atoms with Crippen molar-refractivity contribution in [3.63, 3.8) is 0 Å². The molecular formula is C14H17N5O. The molecule has 2 aromatic heterocycles. The van der Waals surface area contributed by atoms with Gasteiger partial charge in [-0.25, -0.2) is 4.98 Å². The third kappa shape index (κ3) is 2.54. The van der Waals surface area contributed by atoms with Gasteiger partial charge in [0, 0.05) is 30.5 Å². The number of aryl methyl sites for hydroxylation is 2. The Balaban J connectivity index is 1.66. The van der Waals surface area contributed by atoms with Crippen LogP contribution in [0.3, 0.4) is 0 Å². The van der Waals surface area contributed by atoms with Crippen LogP contribution in [0.4, 0.5) is 0 Å². The highest BCUT2D eigenvalue weighted by Crippen LogP contribution is 2.17. The molecule has 0 spiro atoms. The maximum Gasteiger partial charge on any atom is 0.271 e. The van der Waals surface area contributed by atoms with Crippen LogP contribution in [0.5, 0.6) is 0 Å². The molecule has 1 amide bonds. The van der Waals surface area contributed by atoms with E-state index in [1.54, 1.807) is 6.20 Å². The van der Waals surface area contributed by atoms with Gasteiger partial charge in [-0.2, -0.15) is 5.10 Å². The molecule has 6 nitrogen and oxygen atoms in total. The molecule has 0 bridgehead atoms. The Kier molecular flexibility index (Phi) is 3.45. The van der Waals surface area contributed by atoms with E-state index in [1.165, 1.54) is 24.7 Å². The fourth-order valence-electron chi connectivity index (χ4n) is 2.41. The summed E-state index contributed by atoms with van der Waals surface area (Å²) < 4.78 is 2.04. The molecule has 0 saturated carbocycles. The molecule has 6 heteroatoms. The summed E-state index contributed by atoms with van der Waals surface area (Å²) in [6.45, 7) is 3.31. The number of nitrogens with zero attached hydrogens (tertiary/aromatic N) is 4. The van der Waals surface area contributed by atoms with Gasteiger partial charge >= 0.3 is 0 Å². The van der Waals surface area contributed by atoms with E-state index >= 15 is 0 Å². The SMILES string of the molecule is Cc1cnc(C(=O)NCc2cnn3c2CCCC3)cn1. The lowest BCUT2D eigenvalue weighted by atomic mass is 10.1. The number of carbonyl (C=O) groups is 1. The van der Waals surface area contributed by atoms with Gasteiger partial charge in [0.15, 0.2) is 0 Å². The molecule has 3 heterocycles. The van der Waals surface area contributed by atoms with Crippen LogP contribution in [0.15, 0.2) is 18.6 Å². The first-order valence-corrected chi connectivity index (χ1v) is 6.84. The molecule has 0 unspecified atom stereocenters. The van der Waals surface area contributed by atoms with Gasteiger partial charge in [-0.05, 0) is 26.2 Å². The lowest BCUT2D eigenvalue weighted by Crippen LogP contribution is -2.25. The number of nitrogens with one attached hydrogen (secondary N) is 1. The molecule has 0 fully saturated rings. The summed E-state index contributed by atoms with van der Waals surface area (Å²) in [5.74, 6) is -0.201. The molecule has 0 aliphatic carbocycles. The fourth-order valence-corrected chi connectivity index (χ4v) is 2.41. The van der Waals surface area contributed by atoms with Crippen molar-refractivity contribution in [3.8, 4) is 0 Å². The van der Waals surface area contributed by atoms with E-state index in [-0.39, 0.29) is 5.91 Å². The molecule has 104 valence electrons. The highest BCUT2D eigenvalue weighted by molar-refractivity contribution is 5.91. The average Bonchev–Trinajstić information content (AvgIpc) is 2.89. The van der Waals surface area contributed by atoms with Gasteiger partial charge in [-0.15, -0.1) is 0 Å². The second-order valence-corrected chi connectivity index (χ2v) is 5.02. The first kappa shape index (κ1) is 12.8. The predicted molar refractivity (Wildman–Crippen MR) is 73.1 cm³/mol. The van der Waals surface area contributed by atoms with Gasteiger partial charge in [0.05, 0.1) is 18.1 Å². The second kappa shape index (κ2) is 5.40. The maximum absolute atomic E-state index is 12.0. The fraction of sp³-hybridized carbons (Fsp3) is 0.429. The zero-order valence-corrected chi connectivity index (χ0v) is 11.5. The van der Waals surface area contributed by atoms with Gasteiger partial charge < -0.3 is 5.32 Å².